The Morgan fingerprint density at radius 2 is 2.05 bits per heavy atom. The summed E-state index contributed by atoms with van der Waals surface area (Å²) >= 11 is 0. The van der Waals surface area contributed by atoms with Gasteiger partial charge in [-0.1, -0.05) is 0 Å². The highest BCUT2D eigenvalue weighted by atomic mass is 16.5. The lowest BCUT2D eigenvalue weighted by Gasteiger charge is -2.29. The fraction of sp³-hybridized carbons (Fsp3) is 0.692. The normalized spacial score (nSPS) is 17.1. The summed E-state index contributed by atoms with van der Waals surface area (Å²) in [6.45, 7) is 3.64. The monoisotopic (exact) mass is 280 g/mol. The number of nitrogen functional groups attached to an aromatic ring is 1. The zero-order valence-corrected chi connectivity index (χ0v) is 12.2. The maximum atomic E-state index is 5.42. The largest absolute Gasteiger partial charge is 0.377 e. The zero-order chi connectivity index (χ0) is 14.4. The molecule has 0 saturated carbocycles. The average Bonchev–Trinajstić information content (AvgIpc) is 2.47. The quantitative estimate of drug-likeness (QED) is 0.521. The van der Waals surface area contributed by atoms with E-state index in [-0.39, 0.29) is 0 Å². The van der Waals surface area contributed by atoms with Crippen LogP contribution in [-0.2, 0) is 11.3 Å². The highest BCUT2D eigenvalue weighted by molar-refractivity contribution is 5.46. The number of piperidine rings is 1. The van der Waals surface area contributed by atoms with E-state index in [1.54, 1.807) is 7.11 Å². The molecule has 1 aromatic heterocycles. The zero-order valence-electron chi connectivity index (χ0n) is 12.2. The van der Waals surface area contributed by atoms with Crippen LogP contribution in [0.15, 0.2) is 6.07 Å². The first kappa shape index (κ1) is 15.0. The Bertz CT molecular complexity index is 419. The van der Waals surface area contributed by atoms with Crippen LogP contribution in [0, 0.1) is 5.92 Å². The molecule has 112 valence electrons. The van der Waals surface area contributed by atoms with Crippen LogP contribution >= 0.6 is 0 Å². The lowest BCUT2D eigenvalue weighted by Crippen LogP contribution is -2.33. The van der Waals surface area contributed by atoms with E-state index >= 15 is 0 Å². The fourth-order valence-electron chi connectivity index (χ4n) is 2.37. The van der Waals surface area contributed by atoms with Crippen molar-refractivity contribution in [2.75, 3.05) is 44.5 Å². The number of nitrogens with one attached hydrogen (secondary N) is 2. The van der Waals surface area contributed by atoms with Crippen LogP contribution in [0.25, 0.3) is 0 Å². The minimum absolute atomic E-state index is 0.373. The molecule has 7 nitrogen and oxygen atoms in total. The first-order chi connectivity index (χ1) is 9.71. The molecular weight excluding hydrogens is 256 g/mol. The molecule has 0 aliphatic carbocycles. The summed E-state index contributed by atoms with van der Waals surface area (Å²) in [6.07, 6.45) is 2.45. The van der Waals surface area contributed by atoms with E-state index in [2.05, 4.69) is 32.7 Å². The van der Waals surface area contributed by atoms with E-state index in [9.17, 15) is 0 Å². The molecule has 1 aromatic rings. The molecule has 2 rings (SSSR count). The number of rotatable bonds is 6. The van der Waals surface area contributed by atoms with Gasteiger partial charge in [-0.05, 0) is 38.9 Å². The predicted molar refractivity (Wildman–Crippen MR) is 79.3 cm³/mol. The fourth-order valence-corrected chi connectivity index (χ4v) is 2.37. The van der Waals surface area contributed by atoms with Crippen molar-refractivity contribution in [3.63, 3.8) is 0 Å². The molecule has 0 atom stereocenters. The Morgan fingerprint density at radius 3 is 2.70 bits per heavy atom. The van der Waals surface area contributed by atoms with E-state index in [4.69, 9.17) is 10.6 Å². The Balaban J connectivity index is 1.92. The van der Waals surface area contributed by atoms with E-state index in [0.717, 1.165) is 12.4 Å². The number of nitrogens with zero attached hydrogens (tertiary/aromatic N) is 3. The van der Waals surface area contributed by atoms with Crippen molar-refractivity contribution in [2.24, 2.45) is 11.8 Å². The number of hydrogen-bond acceptors (Lipinski definition) is 7. The smallest absolute Gasteiger partial charge is 0.158 e. The van der Waals surface area contributed by atoms with Gasteiger partial charge in [0.05, 0.1) is 0 Å². The SMILES string of the molecule is COCc1nc(NN)cc(NCC2CCN(C)CC2)n1. The summed E-state index contributed by atoms with van der Waals surface area (Å²) in [4.78, 5) is 11.0. The molecule has 1 saturated heterocycles. The van der Waals surface area contributed by atoms with Crippen LogP contribution in [0.4, 0.5) is 11.6 Å². The van der Waals surface area contributed by atoms with Crippen LogP contribution in [0.5, 0.6) is 0 Å². The van der Waals surface area contributed by atoms with E-state index in [1.807, 2.05) is 6.07 Å². The van der Waals surface area contributed by atoms with Gasteiger partial charge >= 0.3 is 0 Å². The van der Waals surface area contributed by atoms with E-state index < -0.39 is 0 Å². The molecule has 0 unspecified atom stereocenters. The van der Waals surface area contributed by atoms with Gasteiger partial charge in [0.1, 0.15) is 18.2 Å². The predicted octanol–water partition coefficient (Wildman–Crippen LogP) is 0.662. The van der Waals surface area contributed by atoms with Crippen molar-refractivity contribution in [1.82, 2.24) is 14.9 Å². The summed E-state index contributed by atoms with van der Waals surface area (Å²) in [5.41, 5.74) is 2.56. The van der Waals surface area contributed by atoms with Gasteiger partial charge in [0.2, 0.25) is 0 Å². The summed E-state index contributed by atoms with van der Waals surface area (Å²) in [5.74, 6) is 8.12. The van der Waals surface area contributed by atoms with Crippen LogP contribution in [0.2, 0.25) is 0 Å². The topological polar surface area (TPSA) is 88.3 Å². The summed E-state index contributed by atoms with van der Waals surface area (Å²) in [6, 6.07) is 1.81. The van der Waals surface area contributed by atoms with Gasteiger partial charge in [0, 0.05) is 19.7 Å². The third-order valence-electron chi connectivity index (χ3n) is 3.60. The molecule has 0 spiro atoms. The molecule has 20 heavy (non-hydrogen) atoms. The van der Waals surface area contributed by atoms with Gasteiger partial charge in [0.15, 0.2) is 5.82 Å². The number of anilines is 2. The lowest BCUT2D eigenvalue weighted by molar-refractivity contribution is 0.178. The molecule has 0 aromatic carbocycles. The first-order valence-electron chi connectivity index (χ1n) is 6.97. The van der Waals surface area contributed by atoms with Crippen molar-refractivity contribution in [3.05, 3.63) is 11.9 Å². The highest BCUT2D eigenvalue weighted by Crippen LogP contribution is 2.17. The summed E-state index contributed by atoms with van der Waals surface area (Å²) in [5, 5.41) is 3.38. The Labute approximate surface area is 119 Å². The maximum Gasteiger partial charge on any atom is 0.158 e. The van der Waals surface area contributed by atoms with Gasteiger partial charge in [-0.15, -0.1) is 0 Å². The third kappa shape index (κ3) is 4.29. The number of aromatic nitrogens is 2. The molecular formula is C13H24N6O. The van der Waals surface area contributed by atoms with Gasteiger partial charge in [-0.3, -0.25) is 0 Å². The van der Waals surface area contributed by atoms with Crippen LogP contribution in [0.1, 0.15) is 18.7 Å². The second-order valence-electron chi connectivity index (χ2n) is 5.26. The Kier molecular flexibility index (Phi) is 5.51. The van der Waals surface area contributed by atoms with E-state index in [0.29, 0.717) is 24.2 Å². The minimum atomic E-state index is 0.373. The summed E-state index contributed by atoms with van der Waals surface area (Å²) < 4.78 is 5.06. The number of hydrogen-bond donors (Lipinski definition) is 3. The highest BCUT2D eigenvalue weighted by Gasteiger charge is 2.16. The Hall–Kier alpha value is -1.44. The second-order valence-corrected chi connectivity index (χ2v) is 5.26. The molecule has 1 fully saturated rings. The molecule has 4 N–H and O–H groups in total. The molecule has 0 bridgehead atoms. The Morgan fingerprint density at radius 1 is 1.35 bits per heavy atom. The molecule has 2 heterocycles. The van der Waals surface area contributed by atoms with Crippen molar-refractivity contribution in [3.8, 4) is 0 Å². The molecule has 7 heteroatoms. The number of methoxy groups -OCH3 is 1. The minimum Gasteiger partial charge on any atom is -0.377 e. The van der Waals surface area contributed by atoms with Crippen LogP contribution < -0.4 is 16.6 Å². The summed E-state index contributed by atoms with van der Waals surface area (Å²) in [7, 11) is 3.79. The molecule has 0 radical (unpaired) electrons. The van der Waals surface area contributed by atoms with Gasteiger partial charge in [-0.25, -0.2) is 15.8 Å². The average molecular weight is 280 g/mol. The number of hydrazine groups is 1. The van der Waals surface area contributed by atoms with Crippen LogP contribution in [0.3, 0.4) is 0 Å². The first-order valence-corrected chi connectivity index (χ1v) is 6.97. The van der Waals surface area contributed by atoms with Crippen molar-refractivity contribution in [2.45, 2.75) is 19.4 Å². The third-order valence-corrected chi connectivity index (χ3v) is 3.60. The maximum absolute atomic E-state index is 5.42. The van der Waals surface area contributed by atoms with Crippen LogP contribution in [-0.4, -0.2) is 48.7 Å². The number of likely N-dealkylation sites (tertiary alicyclic amines) is 1. The second kappa shape index (κ2) is 7.37. The van der Waals surface area contributed by atoms with Crippen molar-refractivity contribution < 1.29 is 4.74 Å². The molecule has 1 aliphatic rings. The van der Waals surface area contributed by atoms with Gasteiger partial charge in [0.25, 0.3) is 0 Å². The number of ether oxygens (including phenoxy) is 1. The van der Waals surface area contributed by atoms with Gasteiger partial charge < -0.3 is 20.4 Å². The van der Waals surface area contributed by atoms with Crippen molar-refractivity contribution >= 4 is 11.6 Å². The molecule has 1 aliphatic heterocycles. The standard InChI is InChI=1S/C13H24N6O/c1-19-5-3-10(4-6-19)8-15-11-7-12(18-14)17-13(16-11)9-20-2/h7,10H,3-6,8-9,14H2,1-2H3,(H2,15,16,17,18). The van der Waals surface area contributed by atoms with Crippen molar-refractivity contribution in [1.29, 1.82) is 0 Å². The van der Waals surface area contributed by atoms with Gasteiger partial charge in [-0.2, -0.15) is 0 Å². The lowest BCUT2D eigenvalue weighted by atomic mass is 9.97. The molecule has 0 amide bonds. The number of nitrogens with two attached hydrogens (primary N) is 1. The van der Waals surface area contributed by atoms with E-state index in [1.165, 1.54) is 25.9 Å².